The standard InChI is InChI=1S/C10H19NO3S/c1-10(2,3)14-9(13)11-6-4-7(12)8(15)5-6/h6-8,12,15H,4-5H2,1-3H3,(H,11,13)/t6-,7+,8+/m0/s1. The van der Waals surface area contributed by atoms with Gasteiger partial charge in [0.25, 0.3) is 0 Å². The van der Waals surface area contributed by atoms with Crippen LogP contribution in [0.1, 0.15) is 33.6 Å². The molecule has 1 saturated carbocycles. The lowest BCUT2D eigenvalue weighted by Crippen LogP contribution is -2.38. The molecule has 1 rings (SSSR count). The molecule has 1 aliphatic rings. The average Bonchev–Trinajstić information content (AvgIpc) is 2.26. The van der Waals surface area contributed by atoms with Gasteiger partial charge in [0.2, 0.25) is 0 Å². The Morgan fingerprint density at radius 1 is 1.47 bits per heavy atom. The van der Waals surface area contributed by atoms with Crippen molar-refractivity contribution in [1.29, 1.82) is 0 Å². The Labute approximate surface area is 95.8 Å². The van der Waals surface area contributed by atoms with Crippen LogP contribution in [0.4, 0.5) is 4.79 Å². The van der Waals surface area contributed by atoms with Crippen molar-refractivity contribution in [2.75, 3.05) is 0 Å². The number of aliphatic hydroxyl groups is 1. The molecule has 0 spiro atoms. The van der Waals surface area contributed by atoms with E-state index in [0.29, 0.717) is 12.8 Å². The van der Waals surface area contributed by atoms with Crippen LogP contribution in [-0.2, 0) is 4.74 Å². The Morgan fingerprint density at radius 3 is 2.47 bits per heavy atom. The van der Waals surface area contributed by atoms with Crippen LogP contribution < -0.4 is 5.32 Å². The first-order chi connectivity index (χ1) is 6.78. The summed E-state index contributed by atoms with van der Waals surface area (Å²) >= 11 is 4.21. The summed E-state index contributed by atoms with van der Waals surface area (Å²) in [4.78, 5) is 11.4. The van der Waals surface area contributed by atoms with E-state index in [0.717, 1.165) is 0 Å². The summed E-state index contributed by atoms with van der Waals surface area (Å²) in [5.74, 6) is 0. The predicted octanol–water partition coefficient (Wildman–Crippen LogP) is 1.33. The van der Waals surface area contributed by atoms with Gasteiger partial charge in [0.1, 0.15) is 5.60 Å². The highest BCUT2D eigenvalue weighted by atomic mass is 32.1. The third kappa shape index (κ3) is 4.30. The van der Waals surface area contributed by atoms with Gasteiger partial charge in [-0.2, -0.15) is 12.6 Å². The van der Waals surface area contributed by atoms with Crippen LogP contribution >= 0.6 is 12.6 Å². The summed E-state index contributed by atoms with van der Waals surface area (Å²) in [7, 11) is 0. The average molecular weight is 233 g/mol. The van der Waals surface area contributed by atoms with Crippen LogP contribution in [0.3, 0.4) is 0 Å². The molecule has 1 amide bonds. The van der Waals surface area contributed by atoms with Gasteiger partial charge in [0.05, 0.1) is 6.10 Å². The van der Waals surface area contributed by atoms with Gasteiger partial charge in [0, 0.05) is 11.3 Å². The summed E-state index contributed by atoms with van der Waals surface area (Å²) < 4.78 is 5.11. The first kappa shape index (κ1) is 12.6. The zero-order chi connectivity index (χ0) is 11.6. The van der Waals surface area contributed by atoms with E-state index in [2.05, 4.69) is 17.9 Å². The van der Waals surface area contributed by atoms with Gasteiger partial charge in [-0.05, 0) is 33.6 Å². The van der Waals surface area contributed by atoms with E-state index >= 15 is 0 Å². The lowest BCUT2D eigenvalue weighted by molar-refractivity contribution is 0.0502. The van der Waals surface area contributed by atoms with Crippen LogP contribution in [0.5, 0.6) is 0 Å². The molecule has 5 heteroatoms. The van der Waals surface area contributed by atoms with Gasteiger partial charge in [-0.3, -0.25) is 0 Å². The van der Waals surface area contributed by atoms with Crippen LogP contribution in [-0.4, -0.2) is 34.2 Å². The monoisotopic (exact) mass is 233 g/mol. The van der Waals surface area contributed by atoms with Crippen molar-refractivity contribution < 1.29 is 14.6 Å². The maximum atomic E-state index is 11.4. The van der Waals surface area contributed by atoms with Crippen LogP contribution in [0, 0.1) is 0 Å². The zero-order valence-electron chi connectivity index (χ0n) is 9.36. The van der Waals surface area contributed by atoms with Crippen molar-refractivity contribution in [1.82, 2.24) is 5.32 Å². The number of rotatable bonds is 1. The second-order valence-electron chi connectivity index (χ2n) is 4.95. The summed E-state index contributed by atoms with van der Waals surface area (Å²) in [6.45, 7) is 5.45. The number of alkyl carbamates (subject to hydrolysis) is 1. The number of hydrogen-bond donors (Lipinski definition) is 3. The van der Waals surface area contributed by atoms with Gasteiger partial charge in [-0.1, -0.05) is 0 Å². The molecule has 2 N–H and O–H groups in total. The minimum absolute atomic E-state index is 0.0302. The molecule has 0 aromatic heterocycles. The number of amides is 1. The first-order valence-corrected chi connectivity index (χ1v) is 5.65. The third-order valence-electron chi connectivity index (χ3n) is 2.22. The Bertz CT molecular complexity index is 229. The Balaban J connectivity index is 2.34. The highest BCUT2D eigenvalue weighted by Crippen LogP contribution is 2.24. The fraction of sp³-hybridized carbons (Fsp3) is 0.900. The van der Waals surface area contributed by atoms with Gasteiger partial charge in [0.15, 0.2) is 0 Å². The second kappa shape index (κ2) is 4.61. The van der Waals surface area contributed by atoms with E-state index in [1.165, 1.54) is 0 Å². The number of carbonyl (C=O) groups is 1. The first-order valence-electron chi connectivity index (χ1n) is 5.13. The van der Waals surface area contributed by atoms with Crippen molar-refractivity contribution in [2.45, 2.75) is 56.6 Å². The minimum Gasteiger partial charge on any atom is -0.444 e. The molecule has 3 atom stereocenters. The van der Waals surface area contributed by atoms with E-state index in [9.17, 15) is 9.90 Å². The molecule has 0 aromatic carbocycles. The van der Waals surface area contributed by atoms with Crippen molar-refractivity contribution in [3.8, 4) is 0 Å². The molecule has 0 heterocycles. The van der Waals surface area contributed by atoms with Gasteiger partial charge >= 0.3 is 6.09 Å². The van der Waals surface area contributed by atoms with E-state index in [4.69, 9.17) is 4.74 Å². The molecule has 0 aromatic rings. The molecule has 0 saturated heterocycles. The lowest BCUT2D eigenvalue weighted by atomic mass is 10.2. The molecular formula is C10H19NO3S. The molecule has 0 unspecified atom stereocenters. The van der Waals surface area contributed by atoms with E-state index in [1.54, 1.807) is 0 Å². The van der Waals surface area contributed by atoms with Crippen molar-refractivity contribution >= 4 is 18.7 Å². The summed E-state index contributed by atoms with van der Waals surface area (Å²) in [6, 6.07) is -0.0302. The van der Waals surface area contributed by atoms with Gasteiger partial charge in [-0.15, -0.1) is 0 Å². The number of aliphatic hydroxyl groups excluding tert-OH is 1. The smallest absolute Gasteiger partial charge is 0.407 e. The third-order valence-corrected chi connectivity index (χ3v) is 2.77. The van der Waals surface area contributed by atoms with E-state index in [1.807, 2.05) is 20.8 Å². The summed E-state index contributed by atoms with van der Waals surface area (Å²) in [6.07, 6.45) is 0.368. The van der Waals surface area contributed by atoms with E-state index < -0.39 is 17.8 Å². The lowest BCUT2D eigenvalue weighted by Gasteiger charge is -2.21. The van der Waals surface area contributed by atoms with Crippen molar-refractivity contribution in [2.24, 2.45) is 0 Å². The summed E-state index contributed by atoms with van der Waals surface area (Å²) in [5.41, 5.74) is -0.484. The largest absolute Gasteiger partial charge is 0.444 e. The zero-order valence-corrected chi connectivity index (χ0v) is 10.3. The normalized spacial score (nSPS) is 31.4. The molecule has 0 aliphatic heterocycles. The number of nitrogens with one attached hydrogen (secondary N) is 1. The van der Waals surface area contributed by atoms with Crippen LogP contribution in [0.25, 0.3) is 0 Å². The second-order valence-corrected chi connectivity index (χ2v) is 5.61. The molecule has 0 radical (unpaired) electrons. The molecular weight excluding hydrogens is 214 g/mol. The highest BCUT2D eigenvalue weighted by Gasteiger charge is 2.32. The molecule has 0 bridgehead atoms. The number of ether oxygens (including phenoxy) is 1. The maximum absolute atomic E-state index is 11.4. The predicted molar refractivity (Wildman–Crippen MR) is 61.2 cm³/mol. The Hall–Kier alpha value is -0.420. The number of carbonyl (C=O) groups excluding carboxylic acids is 1. The van der Waals surface area contributed by atoms with Crippen LogP contribution in [0.15, 0.2) is 0 Å². The topological polar surface area (TPSA) is 58.6 Å². The number of thiol groups is 1. The Morgan fingerprint density at radius 2 is 2.07 bits per heavy atom. The van der Waals surface area contributed by atoms with Crippen molar-refractivity contribution in [3.05, 3.63) is 0 Å². The fourth-order valence-corrected chi connectivity index (χ4v) is 1.96. The molecule has 1 fully saturated rings. The molecule has 1 aliphatic carbocycles. The highest BCUT2D eigenvalue weighted by molar-refractivity contribution is 7.81. The van der Waals surface area contributed by atoms with Gasteiger partial charge < -0.3 is 15.2 Å². The van der Waals surface area contributed by atoms with Gasteiger partial charge in [-0.25, -0.2) is 4.79 Å². The SMILES string of the molecule is CC(C)(C)OC(=O)N[C@H]1C[C@@H](O)[C@H](S)C1. The minimum atomic E-state index is -0.484. The molecule has 88 valence electrons. The molecule has 4 nitrogen and oxygen atoms in total. The Kier molecular flexibility index (Phi) is 3.89. The van der Waals surface area contributed by atoms with Crippen LogP contribution in [0.2, 0.25) is 0 Å². The summed E-state index contributed by atoms with van der Waals surface area (Å²) in [5, 5.41) is 12.1. The van der Waals surface area contributed by atoms with Crippen molar-refractivity contribution in [3.63, 3.8) is 0 Å². The quantitative estimate of drug-likeness (QED) is 0.599. The van der Waals surface area contributed by atoms with E-state index in [-0.39, 0.29) is 11.3 Å². The number of hydrogen-bond acceptors (Lipinski definition) is 4. The molecule has 15 heavy (non-hydrogen) atoms. The fourth-order valence-electron chi connectivity index (χ4n) is 1.59. The maximum Gasteiger partial charge on any atom is 0.407 e.